The highest BCUT2D eigenvalue weighted by atomic mass is 16.6. The quantitative estimate of drug-likeness (QED) is 0.663. The van der Waals surface area contributed by atoms with Crippen LogP contribution in [-0.4, -0.2) is 21.7 Å². The Bertz CT molecular complexity index is 728. The van der Waals surface area contributed by atoms with Gasteiger partial charge in [0.15, 0.2) is 0 Å². The molecule has 8 nitrogen and oxygen atoms in total. The number of nitrogens with one attached hydrogen (secondary N) is 2. The van der Waals surface area contributed by atoms with E-state index in [9.17, 15) is 19.7 Å². The maximum Gasteiger partial charge on any atom is 0.270 e. The Morgan fingerprint density at radius 3 is 2.55 bits per heavy atom. The average Bonchev–Trinajstić information content (AvgIpc) is 2.49. The van der Waals surface area contributed by atoms with Crippen LogP contribution in [0.4, 0.5) is 17.2 Å². The van der Waals surface area contributed by atoms with Gasteiger partial charge in [-0.25, -0.2) is 4.98 Å². The molecule has 0 aliphatic rings. The maximum absolute atomic E-state index is 12.0. The van der Waals surface area contributed by atoms with Gasteiger partial charge in [-0.2, -0.15) is 0 Å². The second-order valence-electron chi connectivity index (χ2n) is 4.37. The van der Waals surface area contributed by atoms with Crippen molar-refractivity contribution in [1.82, 2.24) is 4.98 Å². The maximum atomic E-state index is 12.0. The third-order valence-corrected chi connectivity index (χ3v) is 2.64. The number of hydrogen-bond acceptors (Lipinski definition) is 5. The fourth-order valence-corrected chi connectivity index (χ4v) is 1.69. The van der Waals surface area contributed by atoms with E-state index in [1.165, 1.54) is 43.5 Å². The topological polar surface area (TPSA) is 114 Å². The Morgan fingerprint density at radius 1 is 1.18 bits per heavy atom. The van der Waals surface area contributed by atoms with Crippen LogP contribution in [0.25, 0.3) is 0 Å². The number of carbonyl (C=O) groups is 2. The van der Waals surface area contributed by atoms with Crippen LogP contribution in [0, 0.1) is 10.1 Å². The molecular formula is C14H12N4O4. The molecule has 2 amide bonds. The number of rotatable bonds is 4. The smallest absolute Gasteiger partial charge is 0.270 e. The number of non-ortho nitro benzene ring substituents is 1. The SMILES string of the molecule is CC(=O)Nc1ccc(NC(=O)c2cccc([N+](=O)[O-])c2)cn1. The Hall–Kier alpha value is -3.29. The number of nitro groups is 1. The number of carbonyl (C=O) groups excluding carboxylic acids is 2. The van der Waals surface area contributed by atoms with Crippen LogP contribution in [0.3, 0.4) is 0 Å². The molecule has 2 rings (SSSR count). The van der Waals surface area contributed by atoms with Crippen molar-refractivity contribution in [3.63, 3.8) is 0 Å². The van der Waals surface area contributed by atoms with E-state index in [0.29, 0.717) is 11.5 Å². The van der Waals surface area contributed by atoms with Crippen LogP contribution in [0.5, 0.6) is 0 Å². The number of amides is 2. The number of nitro benzene ring substituents is 1. The highest BCUT2D eigenvalue weighted by molar-refractivity contribution is 6.04. The molecule has 0 atom stereocenters. The fourth-order valence-electron chi connectivity index (χ4n) is 1.69. The van der Waals surface area contributed by atoms with Crippen molar-refractivity contribution < 1.29 is 14.5 Å². The predicted octanol–water partition coefficient (Wildman–Crippen LogP) is 2.20. The van der Waals surface area contributed by atoms with E-state index < -0.39 is 10.8 Å². The van der Waals surface area contributed by atoms with Gasteiger partial charge < -0.3 is 10.6 Å². The summed E-state index contributed by atoms with van der Waals surface area (Å²) in [6.45, 7) is 1.36. The summed E-state index contributed by atoms with van der Waals surface area (Å²) in [6.07, 6.45) is 1.38. The first-order valence-corrected chi connectivity index (χ1v) is 6.25. The molecule has 112 valence electrons. The molecule has 8 heteroatoms. The second kappa shape index (κ2) is 6.44. The van der Waals surface area contributed by atoms with Gasteiger partial charge in [-0.05, 0) is 18.2 Å². The molecular weight excluding hydrogens is 288 g/mol. The largest absolute Gasteiger partial charge is 0.321 e. The van der Waals surface area contributed by atoms with Crippen molar-refractivity contribution in [3.8, 4) is 0 Å². The van der Waals surface area contributed by atoms with Gasteiger partial charge >= 0.3 is 0 Å². The second-order valence-corrected chi connectivity index (χ2v) is 4.37. The summed E-state index contributed by atoms with van der Waals surface area (Å²) < 4.78 is 0. The molecule has 0 bridgehead atoms. The zero-order valence-corrected chi connectivity index (χ0v) is 11.6. The van der Waals surface area contributed by atoms with Crippen molar-refractivity contribution >= 4 is 29.0 Å². The van der Waals surface area contributed by atoms with Crippen LogP contribution in [-0.2, 0) is 4.79 Å². The summed E-state index contributed by atoms with van der Waals surface area (Å²) >= 11 is 0. The first kappa shape index (κ1) is 15.1. The van der Waals surface area contributed by atoms with E-state index in [1.54, 1.807) is 6.07 Å². The van der Waals surface area contributed by atoms with Gasteiger partial charge in [-0.15, -0.1) is 0 Å². The normalized spacial score (nSPS) is 9.86. The fraction of sp³-hybridized carbons (Fsp3) is 0.0714. The minimum Gasteiger partial charge on any atom is -0.321 e. The molecule has 0 saturated heterocycles. The number of nitrogens with zero attached hydrogens (tertiary/aromatic N) is 2. The van der Waals surface area contributed by atoms with Crippen molar-refractivity contribution in [2.75, 3.05) is 10.6 Å². The van der Waals surface area contributed by atoms with Crippen LogP contribution >= 0.6 is 0 Å². The third-order valence-electron chi connectivity index (χ3n) is 2.64. The van der Waals surface area contributed by atoms with E-state index in [1.807, 2.05) is 0 Å². The molecule has 0 saturated carbocycles. The number of aromatic nitrogens is 1. The average molecular weight is 300 g/mol. The van der Waals surface area contributed by atoms with Gasteiger partial charge in [-0.3, -0.25) is 19.7 Å². The standard InChI is InChI=1S/C14H12N4O4/c1-9(19)16-13-6-5-11(8-15-13)17-14(20)10-3-2-4-12(7-10)18(21)22/h2-8H,1H3,(H,17,20)(H,15,16,19). The van der Waals surface area contributed by atoms with Crippen LogP contribution < -0.4 is 10.6 Å². The summed E-state index contributed by atoms with van der Waals surface area (Å²) in [7, 11) is 0. The van der Waals surface area contributed by atoms with Gasteiger partial charge in [0.25, 0.3) is 11.6 Å². The van der Waals surface area contributed by atoms with Gasteiger partial charge in [0, 0.05) is 24.6 Å². The summed E-state index contributed by atoms with van der Waals surface area (Å²) in [5.41, 5.74) is 0.414. The van der Waals surface area contributed by atoms with E-state index in [4.69, 9.17) is 0 Å². The van der Waals surface area contributed by atoms with Gasteiger partial charge in [0.1, 0.15) is 5.82 Å². The summed E-state index contributed by atoms with van der Waals surface area (Å²) in [5, 5.41) is 15.8. The predicted molar refractivity (Wildman–Crippen MR) is 79.6 cm³/mol. The minimum absolute atomic E-state index is 0.160. The molecule has 0 aliphatic heterocycles. The number of hydrogen-bond donors (Lipinski definition) is 2. The molecule has 0 radical (unpaired) electrons. The van der Waals surface area contributed by atoms with Gasteiger partial charge in [-0.1, -0.05) is 6.07 Å². The number of benzene rings is 1. The lowest BCUT2D eigenvalue weighted by atomic mass is 10.2. The number of pyridine rings is 1. The highest BCUT2D eigenvalue weighted by Gasteiger charge is 2.11. The zero-order chi connectivity index (χ0) is 16.1. The minimum atomic E-state index is -0.569. The zero-order valence-electron chi connectivity index (χ0n) is 11.6. The van der Waals surface area contributed by atoms with Crippen LogP contribution in [0.15, 0.2) is 42.6 Å². The van der Waals surface area contributed by atoms with E-state index in [2.05, 4.69) is 15.6 Å². The van der Waals surface area contributed by atoms with E-state index >= 15 is 0 Å². The van der Waals surface area contributed by atoms with Crippen molar-refractivity contribution in [1.29, 1.82) is 0 Å². The molecule has 1 heterocycles. The van der Waals surface area contributed by atoms with E-state index in [-0.39, 0.29) is 17.2 Å². The molecule has 1 aromatic carbocycles. The summed E-state index contributed by atoms with van der Waals surface area (Å²) in [4.78, 5) is 37.0. The Balaban J connectivity index is 2.10. The van der Waals surface area contributed by atoms with Crippen molar-refractivity contribution in [3.05, 3.63) is 58.3 Å². The van der Waals surface area contributed by atoms with E-state index in [0.717, 1.165) is 0 Å². The molecule has 2 aromatic rings. The molecule has 22 heavy (non-hydrogen) atoms. The summed E-state index contributed by atoms with van der Waals surface area (Å²) in [6, 6.07) is 8.50. The Labute approximate surface area is 125 Å². The molecule has 2 N–H and O–H groups in total. The van der Waals surface area contributed by atoms with Gasteiger partial charge in [0.2, 0.25) is 5.91 Å². The molecule has 1 aromatic heterocycles. The summed E-state index contributed by atoms with van der Waals surface area (Å²) in [5.74, 6) is -0.375. The van der Waals surface area contributed by atoms with Gasteiger partial charge in [0.05, 0.1) is 16.8 Å². The lowest BCUT2D eigenvalue weighted by molar-refractivity contribution is -0.384. The monoisotopic (exact) mass is 300 g/mol. The van der Waals surface area contributed by atoms with Crippen molar-refractivity contribution in [2.24, 2.45) is 0 Å². The number of anilines is 2. The Morgan fingerprint density at radius 2 is 1.95 bits per heavy atom. The third kappa shape index (κ3) is 3.85. The van der Waals surface area contributed by atoms with Crippen LogP contribution in [0.2, 0.25) is 0 Å². The molecule has 0 fully saturated rings. The molecule has 0 spiro atoms. The van der Waals surface area contributed by atoms with Crippen molar-refractivity contribution in [2.45, 2.75) is 6.92 Å². The van der Waals surface area contributed by atoms with Crippen LogP contribution in [0.1, 0.15) is 17.3 Å². The highest BCUT2D eigenvalue weighted by Crippen LogP contribution is 2.15. The first-order chi connectivity index (χ1) is 10.5. The molecule has 0 aliphatic carbocycles. The first-order valence-electron chi connectivity index (χ1n) is 6.25. The lowest BCUT2D eigenvalue weighted by Crippen LogP contribution is -2.13. The Kier molecular flexibility index (Phi) is 4.42. The lowest BCUT2D eigenvalue weighted by Gasteiger charge is -2.06. The molecule has 0 unspecified atom stereocenters.